The molecule has 32 aromatic rings. The van der Waals surface area contributed by atoms with E-state index in [-0.39, 0.29) is 5.41 Å². The topological polar surface area (TPSA) is 104 Å². The Hall–Kier alpha value is -15.9. The van der Waals surface area contributed by atoms with Gasteiger partial charge < -0.3 is 4.42 Å². The van der Waals surface area contributed by atoms with Gasteiger partial charge in [-0.05, 0) is 189 Å². The van der Waals surface area contributed by atoms with Crippen LogP contribution in [0.25, 0.3) is 295 Å². The molecule has 1 aliphatic carbocycles. The van der Waals surface area contributed by atoms with Crippen molar-refractivity contribution in [2.24, 2.45) is 0 Å². The Morgan fingerprint density at radius 2 is 0.534 bits per heavy atom. The molecular formula is C117H63N9OS4. The molecule has 0 amide bonds. The third-order valence-corrected chi connectivity index (χ3v) is 33.2. The molecule has 606 valence electrons. The van der Waals surface area contributed by atoms with E-state index in [1.54, 1.807) is 0 Å². The van der Waals surface area contributed by atoms with Crippen LogP contribution in [0.4, 0.5) is 0 Å². The zero-order chi connectivity index (χ0) is 85.2. The molecule has 0 saturated carbocycles. The molecule has 14 heterocycles. The number of benzene rings is 18. The lowest BCUT2D eigenvalue weighted by Gasteiger charge is -2.21. The Balaban J connectivity index is 0.0000000928. The molecule has 0 radical (unpaired) electrons. The van der Waals surface area contributed by atoms with Crippen molar-refractivity contribution in [1.29, 1.82) is 0 Å². The summed E-state index contributed by atoms with van der Waals surface area (Å²) in [5.74, 6) is 0. The van der Waals surface area contributed by atoms with Crippen molar-refractivity contribution in [2.75, 3.05) is 0 Å². The summed E-state index contributed by atoms with van der Waals surface area (Å²) >= 11 is 7.47. The molecule has 1 aliphatic rings. The molecule has 14 heteroatoms. The zero-order valence-electron chi connectivity index (χ0n) is 70.0. The van der Waals surface area contributed by atoms with E-state index < -0.39 is 0 Å². The van der Waals surface area contributed by atoms with Crippen molar-refractivity contribution < 1.29 is 4.42 Å². The van der Waals surface area contributed by atoms with E-state index in [1.807, 2.05) is 93.9 Å². The van der Waals surface area contributed by atoms with Gasteiger partial charge in [-0.15, -0.1) is 45.3 Å². The number of thiophene rings is 4. The molecule has 131 heavy (non-hydrogen) atoms. The second-order valence-corrected chi connectivity index (χ2v) is 40.0. The Bertz CT molecular complexity index is 10300. The number of hydrogen-bond donors (Lipinski definition) is 0. The predicted octanol–water partition coefficient (Wildman–Crippen LogP) is 33.0. The van der Waals surface area contributed by atoms with Gasteiger partial charge in [-0.2, -0.15) is 0 Å². The first-order chi connectivity index (χ1) is 64.7. The van der Waals surface area contributed by atoms with Crippen LogP contribution < -0.4 is 0 Å². The Morgan fingerprint density at radius 3 is 1.00 bits per heavy atom. The van der Waals surface area contributed by atoms with E-state index in [0.717, 1.165) is 116 Å². The first kappa shape index (κ1) is 71.1. The molecule has 0 aliphatic heterocycles. The lowest BCUT2D eigenvalue weighted by molar-refractivity contribution is 0.660. The first-order valence-corrected chi connectivity index (χ1v) is 47.6. The largest absolute Gasteiger partial charge is 0.456 e. The normalized spacial score (nSPS) is 13.2. The lowest BCUT2D eigenvalue weighted by atomic mass is 9.82. The van der Waals surface area contributed by atoms with E-state index in [1.165, 1.54) is 191 Å². The molecule has 0 saturated heterocycles. The van der Waals surface area contributed by atoms with Gasteiger partial charge in [0.15, 0.2) is 16.9 Å². The van der Waals surface area contributed by atoms with Gasteiger partial charge in [0.25, 0.3) is 0 Å². The van der Waals surface area contributed by atoms with Gasteiger partial charge in [0.05, 0.1) is 80.3 Å². The molecule has 0 unspecified atom stereocenters. The van der Waals surface area contributed by atoms with Crippen LogP contribution in [-0.2, 0) is 5.41 Å². The molecule has 33 rings (SSSR count). The summed E-state index contributed by atoms with van der Waals surface area (Å²) in [6.45, 7) is 4.68. The second kappa shape index (κ2) is 25.7. The van der Waals surface area contributed by atoms with Gasteiger partial charge in [0.2, 0.25) is 0 Å². The monoisotopic (exact) mass is 1740 g/mol. The lowest BCUT2D eigenvalue weighted by Crippen LogP contribution is -2.14. The van der Waals surface area contributed by atoms with Gasteiger partial charge in [0, 0.05) is 131 Å². The fraction of sp³-hybridized carbons (Fsp3) is 0.0256. The van der Waals surface area contributed by atoms with E-state index in [0.29, 0.717) is 0 Å². The summed E-state index contributed by atoms with van der Waals surface area (Å²) in [5.41, 5.74) is 32.9. The fourth-order valence-electron chi connectivity index (χ4n) is 22.6. The molecule has 0 bridgehead atoms. The van der Waals surface area contributed by atoms with Crippen molar-refractivity contribution in [2.45, 2.75) is 19.3 Å². The number of rotatable bonds is 3. The van der Waals surface area contributed by atoms with Crippen LogP contribution in [0.15, 0.2) is 350 Å². The smallest absolute Gasteiger partial charge is 0.165 e. The van der Waals surface area contributed by atoms with E-state index in [9.17, 15) is 0 Å². The Labute approximate surface area is 758 Å². The van der Waals surface area contributed by atoms with E-state index in [4.69, 9.17) is 34.3 Å². The van der Waals surface area contributed by atoms with Crippen LogP contribution in [-0.4, -0.2) is 43.1 Å². The average Bonchev–Trinajstić information content (AvgIpc) is 1.53. The number of nitrogens with zero attached hydrogens (tertiary/aromatic N) is 9. The summed E-state index contributed by atoms with van der Waals surface area (Å²) < 4.78 is 23.8. The van der Waals surface area contributed by atoms with Gasteiger partial charge in [-0.3, -0.25) is 13.2 Å². The van der Waals surface area contributed by atoms with Crippen LogP contribution >= 0.6 is 45.3 Å². The second-order valence-electron chi connectivity index (χ2n) is 35.8. The number of furan rings is 1. The van der Waals surface area contributed by atoms with Crippen molar-refractivity contribution in [3.05, 3.63) is 357 Å². The maximum atomic E-state index is 6.14. The number of aromatic nitrogens is 9. The SMILES string of the molecule is CC1(C)c2ccccc2-c2cc(-c3cc4c5ccc6c7ccccc7sc6c5n5c6nc7ccccc7nc6c(c3)c45)ccc21.c1ccc2nc3c(nc2c1)c1cc(-c2ccc4oc5ccccc5c4c2)cc2c4ccc5c6ccccc6sc5c4n3c21.c1ccc2nc3c(nc2c1)c1cc(-c2ccc4sc5ccccc5c4c2)cc2c4ccc5c6ccccc6sc5c4n3c21. The molecule has 0 N–H and O–H groups in total. The highest BCUT2D eigenvalue weighted by Crippen LogP contribution is 2.55. The van der Waals surface area contributed by atoms with E-state index >= 15 is 0 Å². The number of para-hydroxylation sites is 7. The predicted molar refractivity (Wildman–Crippen MR) is 555 cm³/mol. The van der Waals surface area contributed by atoms with Crippen molar-refractivity contribution in [3.8, 4) is 44.5 Å². The molecule has 14 aromatic heterocycles. The molecule has 18 aromatic carbocycles. The van der Waals surface area contributed by atoms with Crippen molar-refractivity contribution >= 4 is 296 Å². The fourth-order valence-corrected chi connectivity index (χ4v) is 27.4. The van der Waals surface area contributed by atoms with Gasteiger partial charge in [-0.1, -0.05) is 226 Å². The summed E-state index contributed by atoms with van der Waals surface area (Å²) in [4.78, 5) is 31.5. The van der Waals surface area contributed by atoms with Crippen LogP contribution in [0, 0.1) is 0 Å². The quantitative estimate of drug-likeness (QED) is 0.174. The molecule has 0 fully saturated rings. The standard InChI is InChI=1S/C41H25N3S.C38H19N3OS.C38H19N3S2/c1-41(2)31-11-5-3-9-24(31)28-19-22(15-18-32(28)41)23-20-29-26-16-17-27-25-10-4-8-14-35(25)45-39(27)38(26)44-37(29)30(21-23)36-40(44)43-34-13-7-6-12-33(34)42-36;1-5-11-31-22(7-1)26-17-20(13-16-32(26)42-31)21-18-27-24-14-15-25-23-8-2-6-12-33(23)43-37(25)36(24)41-35(27)28(19-21)34-38(41)40-30-10-4-3-9-29(30)39-34;1-6-12-32-22(7-1)25-15-14-24-27-18-21(20-13-16-33-26(17-20)23-8-2-5-11-31(23)42-33)19-28-34-38(40-30-10-4-3-9-29(30)39-34)41(35(27)28)36(24)37(25)43-32/h3-21H,1-2H3;2*1-19H. The summed E-state index contributed by atoms with van der Waals surface area (Å²) in [7, 11) is 0. The maximum absolute atomic E-state index is 6.14. The third-order valence-electron chi connectivity index (χ3n) is 28.5. The van der Waals surface area contributed by atoms with Crippen molar-refractivity contribution in [1.82, 2.24) is 43.1 Å². The Kier molecular flexibility index (Phi) is 14.0. The van der Waals surface area contributed by atoms with Gasteiger partial charge in [0.1, 0.15) is 27.7 Å². The van der Waals surface area contributed by atoms with Crippen LogP contribution in [0.2, 0.25) is 0 Å². The highest BCUT2D eigenvalue weighted by Gasteiger charge is 2.36. The van der Waals surface area contributed by atoms with Gasteiger partial charge in [-0.25, -0.2) is 29.9 Å². The molecular weight excluding hydrogens is 1680 g/mol. The highest BCUT2D eigenvalue weighted by atomic mass is 32.1. The van der Waals surface area contributed by atoms with Crippen molar-refractivity contribution in [3.63, 3.8) is 0 Å². The summed E-state index contributed by atoms with van der Waals surface area (Å²) in [5, 5.41) is 23.6. The van der Waals surface area contributed by atoms with Crippen LogP contribution in [0.5, 0.6) is 0 Å². The zero-order valence-corrected chi connectivity index (χ0v) is 73.2. The molecule has 0 atom stereocenters. The van der Waals surface area contributed by atoms with Crippen LogP contribution in [0.3, 0.4) is 0 Å². The summed E-state index contributed by atoms with van der Waals surface area (Å²) in [6, 6.07) is 125. The number of hydrogen-bond acceptors (Lipinski definition) is 11. The molecule has 0 spiro atoms. The van der Waals surface area contributed by atoms with Crippen LogP contribution in [0.1, 0.15) is 25.0 Å². The maximum Gasteiger partial charge on any atom is 0.165 e. The minimum Gasteiger partial charge on any atom is -0.456 e. The van der Waals surface area contributed by atoms with E-state index in [2.05, 4.69) is 324 Å². The Morgan fingerprint density at radius 1 is 0.214 bits per heavy atom. The highest BCUT2D eigenvalue weighted by molar-refractivity contribution is 7.28. The minimum atomic E-state index is -0.0128. The first-order valence-electron chi connectivity index (χ1n) is 44.3. The minimum absolute atomic E-state index is 0.0128. The average molecular weight is 1740 g/mol. The molecule has 10 nitrogen and oxygen atoms in total. The van der Waals surface area contributed by atoms with Gasteiger partial charge >= 0.3 is 0 Å². The number of fused-ring (bicyclic) bond motifs is 42. The third kappa shape index (κ3) is 9.66. The summed E-state index contributed by atoms with van der Waals surface area (Å²) in [6.07, 6.45) is 0.